The molecular formula is C30H35N7O7. The van der Waals surface area contributed by atoms with Crippen molar-refractivity contribution >= 4 is 34.6 Å². The number of imidazole rings is 1. The lowest BCUT2D eigenvalue weighted by molar-refractivity contribution is -0.142. The van der Waals surface area contributed by atoms with Gasteiger partial charge in [0.25, 0.3) is 0 Å². The quantitative estimate of drug-likeness (QED) is 0.0929. The van der Waals surface area contributed by atoms with Crippen LogP contribution in [0.3, 0.4) is 0 Å². The second-order valence-electron chi connectivity index (χ2n) is 10.5. The minimum atomic E-state index is -1.47. The molecular weight excluding hydrogens is 570 g/mol. The van der Waals surface area contributed by atoms with Crippen LogP contribution in [0, 0.1) is 0 Å². The number of aliphatic hydroxyl groups excluding tert-OH is 1. The highest BCUT2D eigenvalue weighted by Gasteiger charge is 2.33. The fourth-order valence-corrected chi connectivity index (χ4v) is 4.72. The van der Waals surface area contributed by atoms with E-state index in [1.165, 1.54) is 43.7 Å². The van der Waals surface area contributed by atoms with Gasteiger partial charge in [0.1, 0.15) is 23.9 Å². The molecule has 14 heteroatoms. The molecule has 5 unspecified atom stereocenters. The molecule has 4 rings (SSSR count). The SMILES string of the molecule is CC(O)C(NC(=O)C(N)Cc1c[nH]c2ccccc12)C(=O)NC(Cc1cnc[nH]1)C(=O)NC(Cc1ccc(O)cc1)C(=O)O. The highest BCUT2D eigenvalue weighted by molar-refractivity contribution is 5.95. The van der Waals surface area contributed by atoms with Crippen molar-refractivity contribution in [3.63, 3.8) is 0 Å². The molecule has 0 saturated heterocycles. The molecule has 2 heterocycles. The molecule has 44 heavy (non-hydrogen) atoms. The van der Waals surface area contributed by atoms with Crippen molar-refractivity contribution in [2.75, 3.05) is 0 Å². The Bertz CT molecular complexity index is 1580. The molecule has 0 spiro atoms. The number of hydrogen-bond donors (Lipinski definition) is 9. The number of phenols is 1. The average molecular weight is 606 g/mol. The summed E-state index contributed by atoms with van der Waals surface area (Å²) in [4.78, 5) is 61.5. The zero-order chi connectivity index (χ0) is 31.8. The third kappa shape index (κ3) is 8.20. The number of fused-ring (bicyclic) bond motifs is 1. The molecule has 0 bridgehead atoms. The summed E-state index contributed by atoms with van der Waals surface area (Å²) >= 11 is 0. The van der Waals surface area contributed by atoms with Crippen molar-refractivity contribution in [2.24, 2.45) is 5.73 Å². The first-order chi connectivity index (χ1) is 21.0. The Morgan fingerprint density at radius 2 is 1.59 bits per heavy atom. The number of para-hydroxylation sites is 1. The number of carboxylic acids is 1. The number of carbonyl (C=O) groups is 4. The Kier molecular flexibility index (Phi) is 10.3. The van der Waals surface area contributed by atoms with E-state index in [1.54, 1.807) is 6.20 Å². The normalized spacial score (nSPS) is 14.6. The van der Waals surface area contributed by atoms with Crippen molar-refractivity contribution in [2.45, 2.75) is 56.5 Å². The summed E-state index contributed by atoms with van der Waals surface area (Å²) in [6.45, 7) is 1.30. The first-order valence-corrected chi connectivity index (χ1v) is 13.9. The summed E-state index contributed by atoms with van der Waals surface area (Å²) in [5.41, 5.74) is 8.86. The first-order valence-electron chi connectivity index (χ1n) is 13.9. The number of aromatic hydroxyl groups is 1. The summed E-state index contributed by atoms with van der Waals surface area (Å²) < 4.78 is 0. The molecule has 5 atom stereocenters. The van der Waals surface area contributed by atoms with Gasteiger partial charge >= 0.3 is 5.97 Å². The lowest BCUT2D eigenvalue weighted by atomic mass is 10.0. The first kappa shape index (κ1) is 31.7. The Labute approximate surface area is 252 Å². The number of hydrogen-bond acceptors (Lipinski definition) is 8. The van der Waals surface area contributed by atoms with E-state index >= 15 is 0 Å². The maximum atomic E-state index is 13.3. The molecule has 0 fully saturated rings. The number of aromatic amines is 2. The molecule has 2 aromatic heterocycles. The average Bonchev–Trinajstić information content (AvgIpc) is 3.66. The van der Waals surface area contributed by atoms with Gasteiger partial charge in [-0.2, -0.15) is 0 Å². The van der Waals surface area contributed by atoms with Crippen molar-refractivity contribution in [1.82, 2.24) is 30.9 Å². The van der Waals surface area contributed by atoms with Gasteiger partial charge in [0.05, 0.1) is 18.5 Å². The standard InChI is InChI=1S/C30H35N7O7/c1-16(38)26(37-27(40)22(31)11-18-13-33-23-5-3-2-4-21(18)23)29(42)35-24(12-19-14-32-15-34-19)28(41)36-25(30(43)44)10-17-6-8-20(39)9-7-17/h2-9,13-16,22,24-26,33,38-39H,10-12,31H2,1H3,(H,32,34)(H,35,42)(H,36,41)(H,37,40)(H,43,44). The third-order valence-corrected chi connectivity index (χ3v) is 7.12. The van der Waals surface area contributed by atoms with E-state index < -0.39 is 54.0 Å². The molecule has 232 valence electrons. The zero-order valence-corrected chi connectivity index (χ0v) is 23.9. The number of phenolic OH excluding ortho intramolecular Hbond substituents is 1. The number of nitrogens with two attached hydrogens (primary N) is 1. The molecule has 10 N–H and O–H groups in total. The second-order valence-corrected chi connectivity index (χ2v) is 10.5. The van der Waals surface area contributed by atoms with E-state index in [1.807, 2.05) is 24.3 Å². The number of carbonyl (C=O) groups excluding carboxylic acids is 3. The fraction of sp³-hybridized carbons (Fsp3) is 0.300. The topological polar surface area (TPSA) is 236 Å². The van der Waals surface area contributed by atoms with E-state index in [0.29, 0.717) is 11.3 Å². The number of aliphatic hydroxyl groups is 1. The molecule has 4 aromatic rings. The second kappa shape index (κ2) is 14.3. The maximum Gasteiger partial charge on any atom is 0.326 e. The van der Waals surface area contributed by atoms with Crippen LogP contribution in [0.25, 0.3) is 10.9 Å². The number of benzene rings is 2. The predicted molar refractivity (Wildman–Crippen MR) is 159 cm³/mol. The van der Waals surface area contributed by atoms with E-state index in [9.17, 15) is 34.5 Å². The van der Waals surface area contributed by atoms with Gasteiger partial charge in [-0.3, -0.25) is 14.4 Å². The minimum absolute atomic E-state index is 0.00525. The zero-order valence-electron chi connectivity index (χ0n) is 23.9. The molecule has 2 aromatic carbocycles. The van der Waals surface area contributed by atoms with Crippen LogP contribution in [0.15, 0.2) is 67.3 Å². The highest BCUT2D eigenvalue weighted by atomic mass is 16.4. The Morgan fingerprint density at radius 1 is 0.886 bits per heavy atom. The molecule has 0 radical (unpaired) electrons. The fourth-order valence-electron chi connectivity index (χ4n) is 4.72. The number of aliphatic carboxylic acids is 1. The number of carboxylic acid groups (broad SMARTS) is 1. The van der Waals surface area contributed by atoms with Crippen LogP contribution in [0.1, 0.15) is 23.7 Å². The van der Waals surface area contributed by atoms with Gasteiger partial charge in [-0.05, 0) is 42.7 Å². The van der Waals surface area contributed by atoms with Gasteiger partial charge < -0.3 is 47.0 Å². The Balaban J connectivity index is 1.45. The number of nitrogens with zero attached hydrogens (tertiary/aromatic N) is 1. The van der Waals surface area contributed by atoms with Crippen molar-refractivity contribution in [3.05, 3.63) is 84.1 Å². The van der Waals surface area contributed by atoms with Gasteiger partial charge in [0, 0.05) is 41.8 Å². The van der Waals surface area contributed by atoms with Crippen LogP contribution in [0.2, 0.25) is 0 Å². The summed E-state index contributed by atoms with van der Waals surface area (Å²) in [7, 11) is 0. The largest absolute Gasteiger partial charge is 0.508 e. The number of nitrogens with one attached hydrogen (secondary N) is 5. The molecule has 3 amide bonds. The third-order valence-electron chi connectivity index (χ3n) is 7.12. The van der Waals surface area contributed by atoms with Crippen LogP contribution >= 0.6 is 0 Å². The van der Waals surface area contributed by atoms with Gasteiger partial charge in [-0.1, -0.05) is 30.3 Å². The highest BCUT2D eigenvalue weighted by Crippen LogP contribution is 2.19. The van der Waals surface area contributed by atoms with Crippen molar-refractivity contribution in [1.29, 1.82) is 0 Å². The Hall–Kier alpha value is -5.21. The summed E-state index contributed by atoms with van der Waals surface area (Å²) in [5, 5.41) is 38.0. The minimum Gasteiger partial charge on any atom is -0.508 e. The summed E-state index contributed by atoms with van der Waals surface area (Å²) in [6, 6.07) is 8.18. The molecule has 0 aliphatic rings. The van der Waals surface area contributed by atoms with E-state index in [4.69, 9.17) is 5.73 Å². The predicted octanol–water partition coefficient (Wildman–Crippen LogP) is -0.128. The maximum absolute atomic E-state index is 13.3. The van der Waals surface area contributed by atoms with Crippen LogP contribution in [0.4, 0.5) is 0 Å². The van der Waals surface area contributed by atoms with Crippen molar-refractivity contribution in [3.8, 4) is 5.75 Å². The number of H-pyrrole nitrogens is 2. The van der Waals surface area contributed by atoms with Crippen LogP contribution in [-0.4, -0.2) is 84.2 Å². The van der Waals surface area contributed by atoms with Gasteiger partial charge in [-0.25, -0.2) is 9.78 Å². The van der Waals surface area contributed by atoms with Gasteiger partial charge in [0.15, 0.2) is 0 Å². The van der Waals surface area contributed by atoms with E-state index in [-0.39, 0.29) is 25.0 Å². The molecule has 0 aliphatic carbocycles. The van der Waals surface area contributed by atoms with Gasteiger partial charge in [-0.15, -0.1) is 0 Å². The van der Waals surface area contributed by atoms with Gasteiger partial charge in [0.2, 0.25) is 17.7 Å². The lowest BCUT2D eigenvalue weighted by Gasteiger charge is -2.26. The number of amides is 3. The van der Waals surface area contributed by atoms with Crippen LogP contribution in [0.5, 0.6) is 5.75 Å². The van der Waals surface area contributed by atoms with Crippen LogP contribution < -0.4 is 21.7 Å². The van der Waals surface area contributed by atoms with E-state index in [0.717, 1.165) is 16.5 Å². The smallest absolute Gasteiger partial charge is 0.326 e. The molecule has 0 aliphatic heterocycles. The lowest BCUT2D eigenvalue weighted by Crippen LogP contribution is -2.60. The van der Waals surface area contributed by atoms with E-state index in [2.05, 4.69) is 30.9 Å². The number of rotatable bonds is 14. The van der Waals surface area contributed by atoms with Crippen molar-refractivity contribution < 1.29 is 34.5 Å². The summed E-state index contributed by atoms with van der Waals surface area (Å²) in [6.07, 6.45) is 3.18. The number of aromatic nitrogens is 3. The summed E-state index contributed by atoms with van der Waals surface area (Å²) in [5.74, 6) is -3.68. The van der Waals surface area contributed by atoms with Crippen LogP contribution in [-0.2, 0) is 38.4 Å². The molecule has 0 saturated carbocycles. The Morgan fingerprint density at radius 3 is 2.25 bits per heavy atom. The molecule has 14 nitrogen and oxygen atoms in total. The monoisotopic (exact) mass is 605 g/mol.